The van der Waals surface area contributed by atoms with Gasteiger partial charge in [0.25, 0.3) is 6.47 Å². The van der Waals surface area contributed by atoms with E-state index in [9.17, 15) is 13.2 Å². The molecule has 0 radical (unpaired) electrons. The summed E-state index contributed by atoms with van der Waals surface area (Å²) in [5.74, 6) is 0. The Bertz CT molecular complexity index is 620. The number of nitriles is 1. The average Bonchev–Trinajstić information content (AvgIpc) is 2.54. The molecule has 1 unspecified atom stereocenters. The number of likely N-dealkylation sites (N-methyl/N-ethyl adjacent to an activating group) is 1. The number of aryl methyl sites for hydroxylation is 1. The number of hydrogen-bond donors (Lipinski definition) is 2. The van der Waals surface area contributed by atoms with Gasteiger partial charge in [-0.2, -0.15) is 18.4 Å². The van der Waals surface area contributed by atoms with Crippen LogP contribution < -0.4 is 5.32 Å². The van der Waals surface area contributed by atoms with Gasteiger partial charge in [0.2, 0.25) is 0 Å². The monoisotopic (exact) mass is 356 g/mol. The number of carboxylic acid groups (broad SMARTS) is 1. The summed E-state index contributed by atoms with van der Waals surface area (Å²) in [4.78, 5) is 8.36. The second-order valence-electron chi connectivity index (χ2n) is 5.31. The number of halogens is 3. The van der Waals surface area contributed by atoms with Gasteiger partial charge in [-0.3, -0.25) is 4.79 Å². The molecule has 0 heterocycles. The Morgan fingerprint density at radius 1 is 1.44 bits per heavy atom. The third-order valence-corrected chi connectivity index (χ3v) is 3.52. The van der Waals surface area contributed by atoms with Crippen LogP contribution in [0, 0.1) is 18.3 Å². The lowest BCUT2D eigenvalue weighted by molar-refractivity contribution is -0.140. The van der Waals surface area contributed by atoms with Crippen LogP contribution in [0.2, 0.25) is 0 Å². The van der Waals surface area contributed by atoms with E-state index in [1.807, 2.05) is 13.0 Å². The SMILES string of the molecule is CCCC/C=C(\c1ccc(C#N)cc1C)C(NC)C(F)(F)F.O=CO. The Hall–Kier alpha value is -2.33. The van der Waals surface area contributed by atoms with Crippen molar-refractivity contribution < 1.29 is 23.1 Å². The van der Waals surface area contributed by atoms with E-state index < -0.39 is 12.2 Å². The molecule has 25 heavy (non-hydrogen) atoms. The summed E-state index contributed by atoms with van der Waals surface area (Å²) < 4.78 is 39.9. The standard InChI is InChI=1S/C17H21F3N2.CH2O2/c1-4-5-6-7-15(16(22-3)17(18,19)20)14-9-8-13(11-21)10-12(14)2;2-1-3/h7-10,16,22H,4-6H2,1-3H3;1H,(H,2,3)/b15-7+;. The van der Waals surface area contributed by atoms with Crippen LogP contribution in [0.1, 0.15) is 42.9 Å². The number of nitrogens with one attached hydrogen (secondary N) is 1. The second kappa shape index (κ2) is 11.3. The Balaban J connectivity index is 0.00000178. The number of benzene rings is 1. The number of allylic oxidation sites excluding steroid dienone is 1. The van der Waals surface area contributed by atoms with Crippen LogP contribution in [-0.2, 0) is 4.79 Å². The fourth-order valence-corrected chi connectivity index (χ4v) is 2.40. The molecule has 1 atom stereocenters. The minimum atomic E-state index is -4.37. The van der Waals surface area contributed by atoms with E-state index in [1.54, 1.807) is 31.2 Å². The van der Waals surface area contributed by atoms with E-state index in [0.717, 1.165) is 12.8 Å². The highest BCUT2D eigenvalue weighted by Gasteiger charge is 2.41. The predicted octanol–water partition coefficient (Wildman–Crippen LogP) is 4.29. The lowest BCUT2D eigenvalue weighted by Gasteiger charge is -2.24. The Labute approximate surface area is 146 Å². The highest BCUT2D eigenvalue weighted by molar-refractivity contribution is 5.73. The normalized spacial score (nSPS) is 12.6. The number of carbonyl (C=O) groups is 1. The van der Waals surface area contributed by atoms with Crippen molar-refractivity contribution in [2.24, 2.45) is 0 Å². The van der Waals surface area contributed by atoms with E-state index in [4.69, 9.17) is 15.2 Å². The summed E-state index contributed by atoms with van der Waals surface area (Å²) in [5.41, 5.74) is 1.88. The van der Waals surface area contributed by atoms with Gasteiger partial charge in [-0.25, -0.2) is 0 Å². The van der Waals surface area contributed by atoms with E-state index >= 15 is 0 Å². The zero-order valence-electron chi connectivity index (χ0n) is 14.5. The maximum atomic E-state index is 13.3. The Morgan fingerprint density at radius 3 is 2.44 bits per heavy atom. The molecular formula is C18H23F3N2O2. The van der Waals surface area contributed by atoms with Crippen LogP contribution in [0.3, 0.4) is 0 Å². The van der Waals surface area contributed by atoms with Crippen LogP contribution in [0.4, 0.5) is 13.2 Å². The smallest absolute Gasteiger partial charge is 0.407 e. The first-order chi connectivity index (χ1) is 11.8. The van der Waals surface area contributed by atoms with Crippen molar-refractivity contribution in [3.8, 4) is 6.07 Å². The van der Waals surface area contributed by atoms with E-state index in [1.165, 1.54) is 7.05 Å². The molecule has 7 heteroatoms. The van der Waals surface area contributed by atoms with Crippen molar-refractivity contribution in [2.75, 3.05) is 7.05 Å². The number of unbranched alkanes of at least 4 members (excludes halogenated alkanes) is 2. The molecule has 0 aliphatic carbocycles. The molecule has 0 spiro atoms. The first kappa shape index (κ1) is 22.7. The minimum absolute atomic E-state index is 0.227. The quantitative estimate of drug-likeness (QED) is 0.589. The summed E-state index contributed by atoms with van der Waals surface area (Å²) in [7, 11) is 1.31. The molecule has 1 aromatic rings. The Kier molecular flexibility index (Phi) is 10.2. The van der Waals surface area contributed by atoms with Gasteiger partial charge >= 0.3 is 6.18 Å². The van der Waals surface area contributed by atoms with Crippen LogP contribution in [0.15, 0.2) is 24.3 Å². The summed E-state index contributed by atoms with van der Waals surface area (Å²) >= 11 is 0. The molecule has 0 fully saturated rings. The van der Waals surface area contributed by atoms with E-state index in [2.05, 4.69) is 5.32 Å². The number of alkyl halides is 3. The summed E-state index contributed by atoms with van der Waals surface area (Å²) in [6.45, 7) is 3.48. The first-order valence-electron chi connectivity index (χ1n) is 7.79. The molecular weight excluding hydrogens is 333 g/mol. The molecule has 1 aromatic carbocycles. The third-order valence-electron chi connectivity index (χ3n) is 3.52. The van der Waals surface area contributed by atoms with E-state index in [0.29, 0.717) is 23.1 Å². The second-order valence-corrected chi connectivity index (χ2v) is 5.31. The molecule has 0 aliphatic heterocycles. The zero-order chi connectivity index (χ0) is 19.5. The molecule has 1 rings (SSSR count). The van der Waals surface area contributed by atoms with Gasteiger partial charge < -0.3 is 10.4 Å². The molecule has 0 saturated heterocycles. The van der Waals surface area contributed by atoms with Crippen molar-refractivity contribution >= 4 is 12.0 Å². The van der Waals surface area contributed by atoms with Gasteiger partial charge in [-0.15, -0.1) is 0 Å². The average molecular weight is 356 g/mol. The molecule has 0 bridgehead atoms. The van der Waals surface area contributed by atoms with Crippen molar-refractivity contribution in [1.82, 2.24) is 5.32 Å². The van der Waals surface area contributed by atoms with Gasteiger partial charge in [0.15, 0.2) is 0 Å². The van der Waals surface area contributed by atoms with Gasteiger partial charge in [0.1, 0.15) is 6.04 Å². The van der Waals surface area contributed by atoms with Gasteiger partial charge in [-0.05, 0) is 49.2 Å². The van der Waals surface area contributed by atoms with Crippen molar-refractivity contribution in [3.05, 3.63) is 41.0 Å². The third kappa shape index (κ3) is 7.40. The molecule has 138 valence electrons. The minimum Gasteiger partial charge on any atom is -0.483 e. The molecule has 0 saturated carbocycles. The molecule has 4 nitrogen and oxygen atoms in total. The summed E-state index contributed by atoms with van der Waals surface area (Å²) in [5, 5.41) is 18.1. The molecule has 2 N–H and O–H groups in total. The fraction of sp³-hybridized carbons (Fsp3) is 0.444. The number of hydrogen-bond acceptors (Lipinski definition) is 3. The van der Waals surface area contributed by atoms with E-state index in [-0.39, 0.29) is 12.0 Å². The summed E-state index contributed by atoms with van der Waals surface area (Å²) in [6.07, 6.45) is -0.349. The topological polar surface area (TPSA) is 73.1 Å². The highest BCUT2D eigenvalue weighted by Crippen LogP contribution is 2.33. The molecule has 0 aromatic heterocycles. The Morgan fingerprint density at radius 2 is 2.04 bits per heavy atom. The van der Waals surface area contributed by atoms with Crippen LogP contribution in [-0.4, -0.2) is 30.8 Å². The first-order valence-corrected chi connectivity index (χ1v) is 7.79. The highest BCUT2D eigenvalue weighted by atomic mass is 19.4. The summed E-state index contributed by atoms with van der Waals surface area (Å²) in [6, 6.07) is 5.06. The predicted molar refractivity (Wildman–Crippen MR) is 91.0 cm³/mol. The van der Waals surface area contributed by atoms with Gasteiger partial charge in [0.05, 0.1) is 11.6 Å². The number of rotatable bonds is 6. The van der Waals surface area contributed by atoms with Gasteiger partial charge in [0, 0.05) is 0 Å². The van der Waals surface area contributed by atoms with Crippen molar-refractivity contribution in [1.29, 1.82) is 5.26 Å². The lowest BCUT2D eigenvalue weighted by atomic mass is 9.92. The lowest BCUT2D eigenvalue weighted by Crippen LogP contribution is -2.41. The van der Waals surface area contributed by atoms with Crippen LogP contribution in [0.5, 0.6) is 0 Å². The largest absolute Gasteiger partial charge is 0.483 e. The number of nitrogens with zero attached hydrogens (tertiary/aromatic N) is 1. The maximum Gasteiger partial charge on any atom is 0.407 e. The van der Waals surface area contributed by atoms with Crippen LogP contribution >= 0.6 is 0 Å². The fourth-order valence-electron chi connectivity index (χ4n) is 2.40. The molecule has 0 amide bonds. The van der Waals surface area contributed by atoms with Crippen molar-refractivity contribution in [2.45, 2.75) is 45.3 Å². The van der Waals surface area contributed by atoms with Crippen molar-refractivity contribution in [3.63, 3.8) is 0 Å². The molecule has 0 aliphatic rings. The zero-order valence-corrected chi connectivity index (χ0v) is 14.5. The maximum absolute atomic E-state index is 13.3. The van der Waals surface area contributed by atoms with Crippen LogP contribution in [0.25, 0.3) is 5.57 Å². The van der Waals surface area contributed by atoms with Gasteiger partial charge in [-0.1, -0.05) is 31.9 Å².